The molecule has 0 bridgehead atoms. The number of aromatic nitrogens is 3. The van der Waals surface area contributed by atoms with Crippen LogP contribution in [0.4, 0.5) is 5.69 Å². The molecule has 4 rings (SSSR count). The molecule has 7 nitrogen and oxygen atoms in total. The van der Waals surface area contributed by atoms with E-state index in [2.05, 4.69) is 20.4 Å². The van der Waals surface area contributed by atoms with Gasteiger partial charge in [-0.1, -0.05) is 53.2 Å². The third kappa shape index (κ3) is 4.09. The normalized spacial score (nSPS) is 10.6. The molecule has 8 heteroatoms. The number of ether oxygens (including phenoxy) is 1. The van der Waals surface area contributed by atoms with E-state index in [1.165, 1.54) is 12.4 Å². The molecule has 29 heavy (non-hydrogen) atoms. The van der Waals surface area contributed by atoms with Crippen LogP contribution < -0.4 is 10.1 Å². The second-order valence-corrected chi connectivity index (χ2v) is 6.47. The molecule has 2 heterocycles. The average molecular weight is 407 g/mol. The second-order valence-electron chi connectivity index (χ2n) is 6.07. The van der Waals surface area contributed by atoms with Crippen LogP contribution in [-0.4, -0.2) is 21.0 Å². The Morgan fingerprint density at radius 2 is 1.72 bits per heavy atom. The summed E-state index contributed by atoms with van der Waals surface area (Å²) in [5, 5.41) is 7.21. The van der Waals surface area contributed by atoms with E-state index in [1.54, 1.807) is 37.3 Å². The lowest BCUT2D eigenvalue weighted by molar-refractivity contribution is 0.102. The highest BCUT2D eigenvalue weighted by atomic mass is 35.5. The summed E-state index contributed by atoms with van der Waals surface area (Å²) in [4.78, 5) is 21.1. The molecule has 1 amide bonds. The fraction of sp³-hybridized carbons (Fsp3) is 0.0476. The summed E-state index contributed by atoms with van der Waals surface area (Å²) in [6, 6.07) is 16.5. The van der Waals surface area contributed by atoms with Crippen molar-refractivity contribution in [2.75, 3.05) is 5.32 Å². The Morgan fingerprint density at radius 1 is 1.03 bits per heavy atom. The number of nitrogens with zero attached hydrogens (tertiary/aromatic N) is 3. The monoisotopic (exact) mass is 406 g/mol. The molecule has 2 aromatic heterocycles. The van der Waals surface area contributed by atoms with Gasteiger partial charge >= 0.3 is 6.01 Å². The Balaban J connectivity index is 1.53. The molecule has 0 fully saturated rings. The maximum absolute atomic E-state index is 12.8. The van der Waals surface area contributed by atoms with Crippen LogP contribution in [0.25, 0.3) is 11.3 Å². The Hall–Kier alpha value is -3.71. The summed E-state index contributed by atoms with van der Waals surface area (Å²) in [5.41, 5.74) is 1.68. The highest BCUT2D eigenvalue weighted by molar-refractivity contribution is 6.33. The van der Waals surface area contributed by atoms with Crippen molar-refractivity contribution in [1.82, 2.24) is 15.1 Å². The SMILES string of the molecule is Cc1onc(-c2ccccc2Cl)c1C(=O)Nc1cnc(Oc2ccccc2)nc1. The van der Waals surface area contributed by atoms with E-state index in [1.807, 2.05) is 24.3 Å². The zero-order chi connectivity index (χ0) is 20.2. The predicted octanol–water partition coefficient (Wildman–Crippen LogP) is 5.14. The molecule has 4 aromatic rings. The van der Waals surface area contributed by atoms with Crippen molar-refractivity contribution in [1.29, 1.82) is 0 Å². The number of aryl methyl sites for hydroxylation is 1. The average Bonchev–Trinajstić information content (AvgIpc) is 3.12. The summed E-state index contributed by atoms with van der Waals surface area (Å²) in [5.74, 6) is 0.593. The van der Waals surface area contributed by atoms with Crippen molar-refractivity contribution in [3.05, 3.63) is 83.3 Å². The van der Waals surface area contributed by atoms with Gasteiger partial charge in [-0.2, -0.15) is 0 Å². The van der Waals surface area contributed by atoms with E-state index in [0.29, 0.717) is 39.0 Å². The van der Waals surface area contributed by atoms with Crippen molar-refractivity contribution >= 4 is 23.2 Å². The second kappa shape index (κ2) is 8.12. The van der Waals surface area contributed by atoms with Crippen molar-refractivity contribution in [2.24, 2.45) is 0 Å². The van der Waals surface area contributed by atoms with Crippen molar-refractivity contribution in [3.8, 4) is 23.0 Å². The number of amides is 1. The summed E-state index contributed by atoms with van der Waals surface area (Å²) in [6.07, 6.45) is 2.92. The molecule has 0 aliphatic rings. The van der Waals surface area contributed by atoms with Crippen LogP contribution in [0.5, 0.6) is 11.8 Å². The first-order valence-electron chi connectivity index (χ1n) is 8.69. The largest absolute Gasteiger partial charge is 0.424 e. The zero-order valence-corrected chi connectivity index (χ0v) is 16.1. The van der Waals surface area contributed by atoms with Crippen molar-refractivity contribution in [2.45, 2.75) is 6.92 Å². The maximum atomic E-state index is 12.8. The van der Waals surface area contributed by atoms with Gasteiger partial charge in [0.15, 0.2) is 0 Å². The lowest BCUT2D eigenvalue weighted by Crippen LogP contribution is -2.14. The molecule has 0 aliphatic heterocycles. The first kappa shape index (κ1) is 18.6. The van der Waals surface area contributed by atoms with Gasteiger partial charge in [-0.15, -0.1) is 0 Å². The first-order chi connectivity index (χ1) is 14.1. The van der Waals surface area contributed by atoms with Crippen LogP contribution in [0.1, 0.15) is 16.1 Å². The fourth-order valence-electron chi connectivity index (χ4n) is 2.70. The molecule has 0 saturated heterocycles. The summed E-state index contributed by atoms with van der Waals surface area (Å²) < 4.78 is 10.8. The van der Waals surface area contributed by atoms with Crippen LogP contribution in [-0.2, 0) is 0 Å². The topological polar surface area (TPSA) is 90.1 Å². The summed E-state index contributed by atoms with van der Waals surface area (Å²) in [7, 11) is 0. The van der Waals surface area contributed by atoms with Crippen molar-refractivity contribution < 1.29 is 14.1 Å². The van der Waals surface area contributed by atoms with Gasteiger partial charge in [-0.3, -0.25) is 4.79 Å². The molecule has 0 saturated carbocycles. The molecule has 0 aliphatic carbocycles. The Morgan fingerprint density at radius 3 is 2.45 bits per heavy atom. The molecule has 1 N–H and O–H groups in total. The molecule has 2 aromatic carbocycles. The lowest BCUT2D eigenvalue weighted by Gasteiger charge is -2.07. The molecular formula is C21H15ClN4O3. The number of hydrogen-bond donors (Lipinski definition) is 1. The minimum Gasteiger partial charge on any atom is -0.424 e. The van der Waals surface area contributed by atoms with E-state index in [-0.39, 0.29) is 6.01 Å². The maximum Gasteiger partial charge on any atom is 0.322 e. The Bertz CT molecular complexity index is 1140. The first-order valence-corrected chi connectivity index (χ1v) is 9.07. The highest BCUT2D eigenvalue weighted by Gasteiger charge is 2.23. The van der Waals surface area contributed by atoms with E-state index < -0.39 is 5.91 Å². The fourth-order valence-corrected chi connectivity index (χ4v) is 2.92. The van der Waals surface area contributed by atoms with Crippen LogP contribution >= 0.6 is 11.6 Å². The van der Waals surface area contributed by atoms with E-state index in [9.17, 15) is 4.79 Å². The van der Waals surface area contributed by atoms with E-state index in [0.717, 1.165) is 0 Å². The number of halogens is 1. The number of carbonyl (C=O) groups is 1. The number of benzene rings is 2. The summed E-state index contributed by atoms with van der Waals surface area (Å²) >= 11 is 6.24. The smallest absolute Gasteiger partial charge is 0.322 e. The lowest BCUT2D eigenvalue weighted by atomic mass is 10.1. The van der Waals surface area contributed by atoms with Crippen LogP contribution in [0.2, 0.25) is 5.02 Å². The number of hydrogen-bond acceptors (Lipinski definition) is 6. The number of anilines is 1. The molecule has 144 valence electrons. The van der Waals surface area contributed by atoms with Crippen LogP contribution in [0.3, 0.4) is 0 Å². The van der Waals surface area contributed by atoms with Crippen LogP contribution in [0.15, 0.2) is 71.5 Å². The van der Waals surface area contributed by atoms with Crippen molar-refractivity contribution in [3.63, 3.8) is 0 Å². The highest BCUT2D eigenvalue weighted by Crippen LogP contribution is 2.31. The number of nitrogens with one attached hydrogen (secondary N) is 1. The Labute approximate surface area is 171 Å². The van der Waals surface area contributed by atoms with E-state index >= 15 is 0 Å². The van der Waals surface area contributed by atoms with Gasteiger partial charge < -0.3 is 14.6 Å². The number of rotatable bonds is 5. The van der Waals surface area contributed by atoms with Gasteiger partial charge in [0, 0.05) is 5.56 Å². The zero-order valence-electron chi connectivity index (χ0n) is 15.3. The quantitative estimate of drug-likeness (QED) is 0.493. The molecule has 0 unspecified atom stereocenters. The third-order valence-corrected chi connectivity index (χ3v) is 4.39. The minimum absolute atomic E-state index is 0.173. The molecule has 0 atom stereocenters. The third-order valence-electron chi connectivity index (χ3n) is 4.06. The predicted molar refractivity (Wildman–Crippen MR) is 108 cm³/mol. The molecular weight excluding hydrogens is 392 g/mol. The number of para-hydroxylation sites is 1. The number of carbonyl (C=O) groups excluding carboxylic acids is 1. The standard InChI is InChI=1S/C21H15ClN4O3/c1-13-18(19(26-29-13)16-9-5-6-10-17(16)22)20(27)25-14-11-23-21(24-12-14)28-15-7-3-2-4-8-15/h2-12H,1H3,(H,25,27). The summed E-state index contributed by atoms with van der Waals surface area (Å²) in [6.45, 7) is 1.66. The van der Waals surface area contributed by atoms with Gasteiger partial charge in [-0.05, 0) is 25.1 Å². The minimum atomic E-state index is -0.404. The van der Waals surface area contributed by atoms with Gasteiger partial charge in [0.25, 0.3) is 5.91 Å². The van der Waals surface area contributed by atoms with Gasteiger partial charge in [-0.25, -0.2) is 9.97 Å². The van der Waals surface area contributed by atoms with Gasteiger partial charge in [0.2, 0.25) is 0 Å². The Kier molecular flexibility index (Phi) is 5.22. The molecule has 0 spiro atoms. The van der Waals surface area contributed by atoms with E-state index in [4.69, 9.17) is 20.9 Å². The van der Waals surface area contributed by atoms with Crippen LogP contribution in [0, 0.1) is 6.92 Å². The van der Waals surface area contributed by atoms with Gasteiger partial charge in [0.05, 0.1) is 23.1 Å². The van der Waals surface area contributed by atoms with Gasteiger partial charge in [0.1, 0.15) is 22.8 Å². The molecule has 0 radical (unpaired) electrons.